The number of fused-ring (bicyclic) bond motifs is 5. The summed E-state index contributed by atoms with van der Waals surface area (Å²) in [7, 11) is 0. The Morgan fingerprint density at radius 1 is 0.917 bits per heavy atom. The van der Waals surface area contributed by atoms with Gasteiger partial charge in [0.25, 0.3) is 0 Å². The van der Waals surface area contributed by atoms with Gasteiger partial charge in [-0.2, -0.15) is 0 Å². The van der Waals surface area contributed by atoms with Gasteiger partial charge in [0.05, 0.1) is 42.1 Å². The minimum Gasteiger partial charge on any atom is -0.458 e. The molecule has 60 heavy (non-hydrogen) atoms. The number of rotatable bonds is 9. The summed E-state index contributed by atoms with van der Waals surface area (Å²) in [5.41, 5.74) is -7.47. The van der Waals surface area contributed by atoms with Crippen LogP contribution in [0, 0.1) is 16.7 Å². The minimum atomic E-state index is -2.31. The van der Waals surface area contributed by atoms with Gasteiger partial charge >= 0.3 is 30.0 Å². The number of hydrogen-bond acceptors (Lipinski definition) is 14. The molecule has 3 aliphatic carbocycles. The zero-order valence-corrected chi connectivity index (χ0v) is 35.4. The van der Waals surface area contributed by atoms with E-state index in [1.807, 2.05) is 0 Å². The van der Waals surface area contributed by atoms with Crippen LogP contribution in [0.25, 0.3) is 0 Å². The summed E-state index contributed by atoms with van der Waals surface area (Å²) in [5, 5.41) is 28.4. The lowest BCUT2D eigenvalue weighted by Gasteiger charge is -2.67. The molecular weight excluding hydrogens is 778 g/mol. The van der Waals surface area contributed by atoms with Crippen molar-refractivity contribution in [3.8, 4) is 0 Å². The number of carbonyl (C=O) groups is 6. The molecule has 3 N–H and O–H groups in total. The van der Waals surface area contributed by atoms with Crippen LogP contribution in [-0.2, 0) is 47.6 Å². The van der Waals surface area contributed by atoms with Crippen LogP contribution in [0.5, 0.6) is 0 Å². The maximum atomic E-state index is 15.4. The van der Waals surface area contributed by atoms with Crippen molar-refractivity contribution in [2.24, 2.45) is 16.7 Å². The summed E-state index contributed by atoms with van der Waals surface area (Å²) < 4.78 is 35.9. The average molecular weight is 834 g/mol. The molecule has 0 unspecified atom stereocenters. The Kier molecular flexibility index (Phi) is 11.9. The third-order valence-electron chi connectivity index (χ3n) is 12.7. The molecule has 15 heteroatoms. The van der Waals surface area contributed by atoms with Crippen LogP contribution >= 0.6 is 0 Å². The number of hydrogen-bond donors (Lipinski definition) is 3. The van der Waals surface area contributed by atoms with E-state index in [0.29, 0.717) is 5.56 Å². The summed E-state index contributed by atoms with van der Waals surface area (Å²) in [4.78, 5) is 82.7. The van der Waals surface area contributed by atoms with E-state index in [0.717, 1.165) is 6.92 Å². The largest absolute Gasteiger partial charge is 0.458 e. The number of esters is 4. The van der Waals surface area contributed by atoms with E-state index in [2.05, 4.69) is 5.32 Å². The van der Waals surface area contributed by atoms with Gasteiger partial charge in [0.1, 0.15) is 29.5 Å². The highest BCUT2D eigenvalue weighted by Gasteiger charge is 2.78. The van der Waals surface area contributed by atoms with Gasteiger partial charge in [0.2, 0.25) is 0 Å². The fourth-order valence-electron chi connectivity index (χ4n) is 9.78. The van der Waals surface area contributed by atoms with Crippen LogP contribution in [0.1, 0.15) is 104 Å². The van der Waals surface area contributed by atoms with Crippen LogP contribution < -0.4 is 5.32 Å². The quantitative estimate of drug-likeness (QED) is 0.175. The first-order chi connectivity index (χ1) is 28.0. The van der Waals surface area contributed by atoms with Gasteiger partial charge in [-0.1, -0.05) is 62.4 Å². The molecule has 1 amide bonds. The van der Waals surface area contributed by atoms with Crippen molar-refractivity contribution >= 4 is 35.8 Å². The Balaban J connectivity index is 1.52. The van der Waals surface area contributed by atoms with E-state index in [1.165, 1.54) is 26.0 Å². The number of Topliss-reactive ketones (excluding diaryl/α,β-unsaturated/α-hetero) is 1. The minimum absolute atomic E-state index is 0.0712. The molecule has 4 aliphatic rings. The second-order valence-corrected chi connectivity index (χ2v) is 18.0. The molecule has 2 aromatic carbocycles. The fourth-order valence-corrected chi connectivity index (χ4v) is 9.78. The van der Waals surface area contributed by atoms with Gasteiger partial charge in [-0.15, -0.1) is 0 Å². The van der Waals surface area contributed by atoms with E-state index in [9.17, 15) is 34.2 Å². The van der Waals surface area contributed by atoms with Crippen molar-refractivity contribution in [1.82, 2.24) is 5.32 Å². The molecule has 0 spiro atoms. The molecule has 1 aliphatic heterocycles. The highest BCUT2D eigenvalue weighted by Crippen LogP contribution is 2.64. The Hall–Kier alpha value is -5.12. The molecule has 1 heterocycles. The zero-order chi connectivity index (χ0) is 44.2. The lowest BCUT2D eigenvalue weighted by atomic mass is 9.44. The van der Waals surface area contributed by atoms with Gasteiger partial charge in [-0.25, -0.2) is 9.59 Å². The number of aliphatic hydroxyl groups is 2. The van der Waals surface area contributed by atoms with Crippen LogP contribution in [-0.4, -0.2) is 99.9 Å². The van der Waals surface area contributed by atoms with Crippen molar-refractivity contribution in [2.45, 2.75) is 135 Å². The number of carbonyl (C=O) groups excluding carboxylic acids is 6. The van der Waals surface area contributed by atoms with Gasteiger partial charge in [-0.3, -0.25) is 19.2 Å². The summed E-state index contributed by atoms with van der Waals surface area (Å²) in [6.45, 7) is 13.3. The topological polar surface area (TPSA) is 210 Å². The molecule has 1 saturated heterocycles. The fraction of sp³-hybridized carbons (Fsp3) is 0.556. The van der Waals surface area contributed by atoms with Gasteiger partial charge in [0, 0.05) is 32.1 Å². The number of benzene rings is 2. The van der Waals surface area contributed by atoms with Gasteiger partial charge < -0.3 is 44.0 Å². The van der Waals surface area contributed by atoms with E-state index < -0.39 is 119 Å². The lowest BCUT2D eigenvalue weighted by molar-refractivity contribution is -0.346. The smallest absolute Gasteiger partial charge is 0.408 e. The highest BCUT2D eigenvalue weighted by molar-refractivity contribution is 5.95. The van der Waals surface area contributed by atoms with Crippen molar-refractivity contribution < 1.29 is 67.4 Å². The Morgan fingerprint density at radius 3 is 2.08 bits per heavy atom. The molecule has 0 radical (unpaired) electrons. The normalized spacial score (nSPS) is 32.3. The predicted octanol–water partition coefficient (Wildman–Crippen LogP) is 4.86. The predicted molar refractivity (Wildman–Crippen MR) is 212 cm³/mol. The molecule has 10 atom stereocenters. The molecular formula is C45H55NO14. The number of aliphatic hydroxyl groups excluding tert-OH is 1. The van der Waals surface area contributed by atoms with Crippen molar-refractivity contribution in [1.29, 1.82) is 0 Å². The molecule has 2 saturated carbocycles. The molecule has 2 aromatic rings. The van der Waals surface area contributed by atoms with Crippen molar-refractivity contribution in [2.75, 3.05) is 6.61 Å². The summed E-state index contributed by atoms with van der Waals surface area (Å²) >= 11 is 0. The van der Waals surface area contributed by atoms with Crippen LogP contribution in [0.2, 0.25) is 0 Å². The molecule has 15 nitrogen and oxygen atoms in total. The third kappa shape index (κ3) is 7.82. The highest BCUT2D eigenvalue weighted by atomic mass is 16.6. The standard InChI is InChI=1S/C45H55NO14/c1-24-30(57-33(50)20-29(27-16-12-10-13-17-27)46-40(53)60-41(4,5)6)22-45(54)38(58-39(52)28-18-14-11-15-19-28)36-43(9,31(49)21-32-44(36,23-55-32)59-26(3)48)37(51)35(56-25(2)47)34(24)42(45,7)8/h10-19,29-32,35-36,38,49,54H,20-23H2,1-9H3,(H,46,53)/t29-,30+,31+,32-,35-,36+,38+,43-,44+,45-/m1/s1. The summed E-state index contributed by atoms with van der Waals surface area (Å²) in [6.07, 6.45) is -9.16. The Labute approximate surface area is 349 Å². The van der Waals surface area contributed by atoms with E-state index >= 15 is 4.79 Å². The number of ether oxygens (including phenoxy) is 6. The molecule has 2 bridgehead atoms. The molecule has 3 fully saturated rings. The maximum Gasteiger partial charge on any atom is 0.408 e. The van der Waals surface area contributed by atoms with E-state index in [4.69, 9.17) is 28.4 Å². The number of ketones is 1. The van der Waals surface area contributed by atoms with Crippen molar-refractivity contribution in [3.05, 3.63) is 82.9 Å². The lowest BCUT2D eigenvalue weighted by Crippen LogP contribution is -2.82. The molecule has 324 valence electrons. The second kappa shape index (κ2) is 16.1. The average Bonchev–Trinajstić information content (AvgIpc) is 3.15. The molecule has 6 rings (SSSR count). The summed E-state index contributed by atoms with van der Waals surface area (Å²) in [5.74, 6) is -5.65. The first-order valence-corrected chi connectivity index (χ1v) is 20.1. The number of alkyl carbamates (subject to hydrolysis) is 1. The molecule has 0 aromatic heterocycles. The van der Waals surface area contributed by atoms with Crippen LogP contribution in [0.4, 0.5) is 4.79 Å². The Morgan fingerprint density at radius 2 is 1.53 bits per heavy atom. The number of amides is 1. The second-order valence-electron chi connectivity index (χ2n) is 18.0. The summed E-state index contributed by atoms with van der Waals surface area (Å²) in [6, 6.07) is 15.7. The van der Waals surface area contributed by atoms with Crippen molar-refractivity contribution in [3.63, 3.8) is 0 Å². The van der Waals surface area contributed by atoms with E-state index in [-0.39, 0.29) is 29.7 Å². The maximum absolute atomic E-state index is 15.4. The third-order valence-corrected chi connectivity index (χ3v) is 12.7. The van der Waals surface area contributed by atoms with Gasteiger partial charge in [0.15, 0.2) is 17.5 Å². The van der Waals surface area contributed by atoms with Crippen LogP contribution in [0.3, 0.4) is 0 Å². The monoisotopic (exact) mass is 833 g/mol. The zero-order valence-electron chi connectivity index (χ0n) is 35.4. The Bertz CT molecular complexity index is 2060. The first-order valence-electron chi connectivity index (χ1n) is 20.1. The first kappa shape index (κ1) is 44.4. The van der Waals surface area contributed by atoms with Gasteiger partial charge in [-0.05, 0) is 63.5 Å². The van der Waals surface area contributed by atoms with Crippen LogP contribution in [0.15, 0.2) is 71.8 Å². The number of nitrogens with one attached hydrogen (secondary N) is 1. The van der Waals surface area contributed by atoms with E-state index in [1.54, 1.807) is 90.1 Å². The SMILES string of the molecule is CC(=O)O[C@H]1C(=O)[C@@]2(C)[C@H]([C@H](OC(=O)c3ccccc3)[C@]3(O)C[C@H](OC(=O)C[C@@H](NC(=O)OC(C)(C)C)c4ccccc4)C(C)=C1C3(C)C)[C@]1(OC(C)=O)CO[C@@H]1C[C@@H]2O.